The van der Waals surface area contributed by atoms with E-state index in [2.05, 4.69) is 5.32 Å². The number of carbonyl (C=O) groups excluding carboxylic acids is 3. The molecule has 0 radical (unpaired) electrons. The Kier molecular flexibility index (Phi) is 6.67. The van der Waals surface area contributed by atoms with E-state index in [4.69, 9.17) is 11.6 Å². The van der Waals surface area contributed by atoms with Crippen LogP contribution in [0.4, 0.5) is 10.1 Å². The summed E-state index contributed by atoms with van der Waals surface area (Å²) < 4.78 is 13.5. The van der Waals surface area contributed by atoms with E-state index in [1.807, 2.05) is 0 Å². The molecule has 2 aliphatic heterocycles. The molecule has 0 aliphatic carbocycles. The van der Waals surface area contributed by atoms with Gasteiger partial charge in [0, 0.05) is 48.9 Å². The molecule has 2 aliphatic rings. The van der Waals surface area contributed by atoms with Crippen molar-refractivity contribution >= 4 is 35.0 Å². The smallest absolute Gasteiger partial charge is 0.268 e. The lowest BCUT2D eigenvalue weighted by atomic mass is 10.0. The van der Waals surface area contributed by atoms with Crippen molar-refractivity contribution in [1.29, 1.82) is 0 Å². The molecule has 2 saturated heterocycles. The maximum absolute atomic E-state index is 13.5. The molecule has 2 heterocycles. The predicted molar refractivity (Wildman–Crippen MR) is 121 cm³/mol. The highest BCUT2D eigenvalue weighted by Crippen LogP contribution is 2.30. The highest BCUT2D eigenvalue weighted by Gasteiger charge is 2.51. The lowest BCUT2D eigenvalue weighted by Gasteiger charge is -2.27. The number of anilines is 1. The summed E-state index contributed by atoms with van der Waals surface area (Å²) in [6, 6.07) is 10.5. The Morgan fingerprint density at radius 1 is 1.09 bits per heavy atom. The molecule has 9 heteroatoms. The summed E-state index contributed by atoms with van der Waals surface area (Å²) in [5.41, 5.74) is -0.930. The largest absolute Gasteiger partial charge is 0.372 e. The van der Waals surface area contributed by atoms with Crippen LogP contribution in [0.1, 0.15) is 41.6 Å². The molecule has 0 unspecified atom stereocenters. The van der Waals surface area contributed by atoms with Crippen LogP contribution in [0.25, 0.3) is 0 Å². The van der Waals surface area contributed by atoms with Crippen molar-refractivity contribution in [1.82, 2.24) is 10.2 Å². The minimum Gasteiger partial charge on any atom is -0.372 e. The van der Waals surface area contributed by atoms with E-state index in [1.54, 1.807) is 29.2 Å². The molecule has 2 aromatic carbocycles. The van der Waals surface area contributed by atoms with Crippen LogP contribution < -0.4 is 10.2 Å². The van der Waals surface area contributed by atoms with Crippen molar-refractivity contribution in [2.24, 2.45) is 0 Å². The second kappa shape index (κ2) is 9.49. The number of piperidine rings is 1. The maximum Gasteiger partial charge on any atom is 0.268 e. The van der Waals surface area contributed by atoms with E-state index in [0.717, 1.165) is 25.3 Å². The number of benzene rings is 2. The Hall–Kier alpha value is -2.97. The number of carbonyl (C=O) groups is 3. The van der Waals surface area contributed by atoms with E-state index in [-0.39, 0.29) is 30.4 Å². The van der Waals surface area contributed by atoms with Crippen molar-refractivity contribution in [3.63, 3.8) is 0 Å². The standard InChI is InChI=1S/C24H25ClFN3O4/c25-18-11-16(12-19(26)14-18)15-27-22(31)24(33)7-10-29(23(24)32)20-6-4-5-17(13-20)21(30)28-8-2-1-3-9-28/h4-6,11-14,33H,1-3,7-10,15H2,(H,27,31)/t24-/m1/s1. The molecule has 0 bridgehead atoms. The van der Waals surface area contributed by atoms with Crippen LogP contribution >= 0.6 is 11.6 Å². The first-order valence-corrected chi connectivity index (χ1v) is 11.3. The van der Waals surface area contributed by atoms with Crippen molar-refractivity contribution in [3.05, 3.63) is 64.4 Å². The molecule has 0 aromatic heterocycles. The molecule has 7 nitrogen and oxygen atoms in total. The van der Waals surface area contributed by atoms with Crippen molar-refractivity contribution in [3.8, 4) is 0 Å². The number of hydrogen-bond donors (Lipinski definition) is 2. The summed E-state index contributed by atoms with van der Waals surface area (Å²) in [6.07, 6.45) is 2.95. The first-order valence-electron chi connectivity index (χ1n) is 10.9. The van der Waals surface area contributed by atoms with Crippen LogP contribution in [0.3, 0.4) is 0 Å². The minimum absolute atomic E-state index is 0.0915. The highest BCUT2D eigenvalue weighted by atomic mass is 35.5. The Labute approximate surface area is 196 Å². The summed E-state index contributed by atoms with van der Waals surface area (Å²) in [4.78, 5) is 41.6. The highest BCUT2D eigenvalue weighted by molar-refractivity contribution is 6.30. The lowest BCUT2D eigenvalue weighted by Crippen LogP contribution is -2.52. The SMILES string of the molecule is O=C(c1cccc(N2CC[C@@](O)(C(=O)NCc3cc(F)cc(Cl)c3)C2=O)c1)N1CCCCC1. The number of halogens is 2. The number of hydrogen-bond acceptors (Lipinski definition) is 4. The quantitative estimate of drug-likeness (QED) is 0.653. The summed E-state index contributed by atoms with van der Waals surface area (Å²) in [5, 5.41) is 13.5. The zero-order chi connectivity index (χ0) is 23.6. The Bertz CT molecular complexity index is 1070. The fraction of sp³-hybridized carbons (Fsp3) is 0.375. The number of aliphatic hydroxyl groups is 1. The number of amides is 3. The molecular weight excluding hydrogens is 449 g/mol. The average molecular weight is 474 g/mol. The molecular formula is C24H25ClFN3O4. The van der Waals surface area contributed by atoms with Gasteiger partial charge < -0.3 is 20.2 Å². The third-order valence-electron chi connectivity index (χ3n) is 6.10. The van der Waals surface area contributed by atoms with Gasteiger partial charge in [0.25, 0.3) is 17.7 Å². The zero-order valence-electron chi connectivity index (χ0n) is 18.0. The summed E-state index contributed by atoms with van der Waals surface area (Å²) in [7, 11) is 0. The van der Waals surface area contributed by atoms with E-state index < -0.39 is 23.2 Å². The third-order valence-corrected chi connectivity index (χ3v) is 6.31. The van der Waals surface area contributed by atoms with Crippen LogP contribution in [0.5, 0.6) is 0 Å². The van der Waals surface area contributed by atoms with Gasteiger partial charge in [0.05, 0.1) is 0 Å². The Morgan fingerprint density at radius 3 is 2.58 bits per heavy atom. The van der Waals surface area contributed by atoms with E-state index >= 15 is 0 Å². The minimum atomic E-state index is -2.25. The van der Waals surface area contributed by atoms with Gasteiger partial charge in [-0.15, -0.1) is 0 Å². The summed E-state index contributed by atoms with van der Waals surface area (Å²) >= 11 is 5.82. The van der Waals surface area contributed by atoms with Gasteiger partial charge in [-0.2, -0.15) is 0 Å². The van der Waals surface area contributed by atoms with Gasteiger partial charge >= 0.3 is 0 Å². The molecule has 0 spiro atoms. The zero-order valence-corrected chi connectivity index (χ0v) is 18.8. The van der Waals surface area contributed by atoms with Crippen LogP contribution in [0.2, 0.25) is 5.02 Å². The van der Waals surface area contributed by atoms with Crippen LogP contribution in [-0.4, -0.2) is 53.0 Å². The van der Waals surface area contributed by atoms with Gasteiger partial charge in [-0.3, -0.25) is 14.4 Å². The van der Waals surface area contributed by atoms with Gasteiger partial charge in [0.15, 0.2) is 0 Å². The monoisotopic (exact) mass is 473 g/mol. The van der Waals surface area contributed by atoms with E-state index in [0.29, 0.717) is 29.9 Å². The maximum atomic E-state index is 13.5. The second-order valence-corrected chi connectivity index (χ2v) is 8.87. The van der Waals surface area contributed by atoms with Crippen LogP contribution in [-0.2, 0) is 16.1 Å². The van der Waals surface area contributed by atoms with Gasteiger partial charge in [0.2, 0.25) is 5.60 Å². The topological polar surface area (TPSA) is 90.0 Å². The predicted octanol–water partition coefficient (Wildman–Crippen LogP) is 2.89. The first-order chi connectivity index (χ1) is 15.8. The molecule has 33 heavy (non-hydrogen) atoms. The van der Waals surface area contributed by atoms with E-state index in [1.165, 1.54) is 17.0 Å². The molecule has 2 fully saturated rings. The second-order valence-electron chi connectivity index (χ2n) is 8.43. The first kappa shape index (κ1) is 23.2. The van der Waals surface area contributed by atoms with Crippen LogP contribution in [0, 0.1) is 5.82 Å². The fourth-order valence-electron chi connectivity index (χ4n) is 4.29. The molecule has 4 rings (SSSR count). The summed E-state index contributed by atoms with van der Waals surface area (Å²) in [6.45, 7) is 1.45. The van der Waals surface area contributed by atoms with Gasteiger partial charge in [-0.25, -0.2) is 4.39 Å². The molecule has 3 amide bonds. The lowest BCUT2D eigenvalue weighted by molar-refractivity contribution is -0.149. The van der Waals surface area contributed by atoms with Crippen molar-refractivity contribution < 1.29 is 23.9 Å². The normalized spacial score (nSPS) is 20.8. The molecule has 1 atom stereocenters. The van der Waals surface area contributed by atoms with Gasteiger partial charge in [-0.1, -0.05) is 17.7 Å². The number of nitrogens with one attached hydrogen (secondary N) is 1. The molecule has 174 valence electrons. The van der Waals surface area contributed by atoms with Gasteiger partial charge in [0.1, 0.15) is 5.82 Å². The average Bonchev–Trinajstić information content (AvgIpc) is 3.12. The number of nitrogens with zero attached hydrogens (tertiary/aromatic N) is 2. The summed E-state index contributed by atoms with van der Waals surface area (Å²) in [5.74, 6) is -2.27. The van der Waals surface area contributed by atoms with Gasteiger partial charge in [-0.05, 0) is 61.2 Å². The van der Waals surface area contributed by atoms with E-state index in [9.17, 15) is 23.9 Å². The molecule has 2 N–H and O–H groups in total. The Morgan fingerprint density at radius 2 is 1.85 bits per heavy atom. The number of likely N-dealkylation sites (tertiary alicyclic amines) is 1. The molecule has 2 aromatic rings. The third kappa shape index (κ3) is 4.86. The van der Waals surface area contributed by atoms with Crippen molar-refractivity contribution in [2.45, 2.75) is 37.8 Å². The van der Waals surface area contributed by atoms with Crippen LogP contribution in [0.15, 0.2) is 42.5 Å². The van der Waals surface area contributed by atoms with Crippen molar-refractivity contribution in [2.75, 3.05) is 24.5 Å². The molecule has 0 saturated carbocycles. The number of rotatable bonds is 5. The Balaban J connectivity index is 1.45. The fourth-order valence-corrected chi connectivity index (χ4v) is 4.53.